The largest absolute Gasteiger partial charge is 0.508 e. The molecule has 0 fully saturated rings. The third-order valence-electron chi connectivity index (χ3n) is 4.73. The second-order valence-corrected chi connectivity index (χ2v) is 9.63. The van der Waals surface area contributed by atoms with Gasteiger partial charge >= 0.3 is 5.97 Å². The van der Waals surface area contributed by atoms with Crippen molar-refractivity contribution in [3.8, 4) is 17.2 Å². The molecular weight excluding hydrogens is 636 g/mol. The summed E-state index contributed by atoms with van der Waals surface area (Å²) in [6.45, 7) is 1.65. The number of methoxy groups -OCH3 is 1. The molecule has 0 aliphatic rings. The molecule has 0 radical (unpaired) electrons. The topological polar surface area (TPSA) is 84.9 Å². The second kappa shape index (κ2) is 10.5. The van der Waals surface area contributed by atoms with Gasteiger partial charge in [-0.25, -0.2) is 4.79 Å². The van der Waals surface area contributed by atoms with Gasteiger partial charge in [0.25, 0.3) is 5.91 Å². The van der Waals surface area contributed by atoms with E-state index in [-0.39, 0.29) is 18.1 Å². The Morgan fingerprint density at radius 2 is 1.59 bits per heavy atom. The van der Waals surface area contributed by atoms with E-state index in [0.717, 1.165) is 12.7 Å². The maximum Gasteiger partial charge on any atom is 0.331 e. The van der Waals surface area contributed by atoms with Crippen LogP contribution in [-0.4, -0.2) is 29.6 Å². The molecule has 2 N–H and O–H groups in total. The van der Waals surface area contributed by atoms with Crippen LogP contribution in [0.25, 0.3) is 0 Å². The summed E-state index contributed by atoms with van der Waals surface area (Å²) in [4.78, 5) is 25.4. The number of carbonyl (C=O) groups is 2. The van der Waals surface area contributed by atoms with Crippen molar-refractivity contribution in [3.05, 3.63) is 85.0 Å². The van der Waals surface area contributed by atoms with Gasteiger partial charge < -0.3 is 19.9 Å². The molecule has 3 aromatic carbocycles. The highest BCUT2D eigenvalue weighted by Crippen LogP contribution is 2.34. The van der Waals surface area contributed by atoms with E-state index in [2.05, 4.69) is 50.5 Å². The van der Waals surface area contributed by atoms with E-state index >= 15 is 0 Å². The Morgan fingerprint density at radius 3 is 2.16 bits per heavy atom. The monoisotopic (exact) mass is 657 g/mol. The fourth-order valence-corrected chi connectivity index (χ4v) is 5.27. The number of rotatable bonds is 7. The Bertz CT molecular complexity index is 1100. The van der Waals surface area contributed by atoms with Crippen LogP contribution in [0.1, 0.15) is 22.8 Å². The van der Waals surface area contributed by atoms with Gasteiger partial charge in [-0.3, -0.25) is 4.79 Å². The van der Waals surface area contributed by atoms with Crippen LogP contribution in [0.3, 0.4) is 0 Å². The number of amides is 1. The standard InChI is InChI=1S/C24H21I2NO5/c1-24(23(30)31-2,27-22(29)16-6-4-3-5-7-16)14-15-12-19(25)21(20(26)13-15)32-18-10-8-17(28)9-11-18/h3-13,28H,14H2,1-2H3,(H,27,29)/t24-/m0/s1. The first-order valence-corrected chi connectivity index (χ1v) is 11.8. The molecule has 32 heavy (non-hydrogen) atoms. The Hall–Kier alpha value is -2.34. The Labute approximate surface area is 213 Å². The summed E-state index contributed by atoms with van der Waals surface area (Å²) in [6.07, 6.45) is 0.240. The first-order chi connectivity index (χ1) is 15.2. The van der Waals surface area contributed by atoms with Crippen LogP contribution in [0.5, 0.6) is 17.2 Å². The lowest BCUT2D eigenvalue weighted by Crippen LogP contribution is -2.54. The predicted octanol–water partition coefficient (Wildman–Crippen LogP) is 5.30. The summed E-state index contributed by atoms with van der Waals surface area (Å²) >= 11 is 4.35. The van der Waals surface area contributed by atoms with Crippen molar-refractivity contribution in [2.45, 2.75) is 18.9 Å². The highest BCUT2D eigenvalue weighted by atomic mass is 127. The van der Waals surface area contributed by atoms with E-state index in [0.29, 0.717) is 17.1 Å². The van der Waals surface area contributed by atoms with Crippen LogP contribution >= 0.6 is 45.2 Å². The summed E-state index contributed by atoms with van der Waals surface area (Å²) < 4.78 is 12.7. The van der Waals surface area contributed by atoms with Crippen molar-refractivity contribution in [3.63, 3.8) is 0 Å². The van der Waals surface area contributed by atoms with Crippen molar-refractivity contribution in [1.29, 1.82) is 0 Å². The summed E-state index contributed by atoms with van der Waals surface area (Å²) in [5.74, 6) is 0.553. The smallest absolute Gasteiger partial charge is 0.331 e. The summed E-state index contributed by atoms with van der Waals surface area (Å²) in [6, 6.07) is 19.0. The molecule has 0 aliphatic carbocycles. The Morgan fingerprint density at radius 1 is 1.00 bits per heavy atom. The molecule has 0 saturated heterocycles. The molecule has 6 nitrogen and oxygen atoms in total. The van der Waals surface area contributed by atoms with E-state index < -0.39 is 11.5 Å². The van der Waals surface area contributed by atoms with Gasteiger partial charge in [0.2, 0.25) is 0 Å². The molecule has 3 rings (SSSR count). The highest BCUT2D eigenvalue weighted by molar-refractivity contribution is 14.1. The number of hydrogen-bond acceptors (Lipinski definition) is 5. The molecule has 0 unspecified atom stereocenters. The lowest BCUT2D eigenvalue weighted by molar-refractivity contribution is -0.147. The van der Waals surface area contributed by atoms with Crippen molar-refractivity contribution < 1.29 is 24.2 Å². The zero-order valence-electron chi connectivity index (χ0n) is 17.4. The minimum absolute atomic E-state index is 0.164. The number of carbonyl (C=O) groups excluding carboxylic acids is 2. The van der Waals surface area contributed by atoms with E-state index in [4.69, 9.17) is 9.47 Å². The zero-order valence-corrected chi connectivity index (χ0v) is 21.7. The average molecular weight is 657 g/mol. The molecule has 0 spiro atoms. The minimum atomic E-state index is -1.26. The summed E-state index contributed by atoms with van der Waals surface area (Å²) in [7, 11) is 1.30. The molecule has 3 aromatic rings. The molecule has 0 aliphatic heterocycles. The fourth-order valence-electron chi connectivity index (χ4n) is 3.16. The highest BCUT2D eigenvalue weighted by Gasteiger charge is 2.37. The van der Waals surface area contributed by atoms with E-state index in [9.17, 15) is 14.7 Å². The minimum Gasteiger partial charge on any atom is -0.508 e. The van der Waals surface area contributed by atoms with Crippen molar-refractivity contribution >= 4 is 57.1 Å². The molecule has 0 heterocycles. The third-order valence-corrected chi connectivity index (χ3v) is 6.34. The molecular formula is C24H21I2NO5. The number of aromatic hydroxyl groups is 1. The number of phenols is 1. The van der Waals surface area contributed by atoms with Crippen LogP contribution in [-0.2, 0) is 16.0 Å². The molecule has 1 atom stereocenters. The normalized spacial score (nSPS) is 12.5. The van der Waals surface area contributed by atoms with Gasteiger partial charge in [0.15, 0.2) is 5.75 Å². The van der Waals surface area contributed by atoms with Gasteiger partial charge in [-0.15, -0.1) is 0 Å². The molecule has 0 saturated carbocycles. The number of hydrogen-bond donors (Lipinski definition) is 2. The first kappa shape index (κ1) is 24.3. The quantitative estimate of drug-likeness (QED) is 0.267. The van der Waals surface area contributed by atoms with Crippen LogP contribution in [0.2, 0.25) is 0 Å². The number of ether oxygens (including phenoxy) is 2. The van der Waals surface area contributed by atoms with Gasteiger partial charge in [-0.05, 0) is 106 Å². The van der Waals surface area contributed by atoms with E-state index in [1.807, 2.05) is 18.2 Å². The maximum absolute atomic E-state index is 12.7. The lowest BCUT2D eigenvalue weighted by atomic mass is 9.92. The lowest BCUT2D eigenvalue weighted by Gasteiger charge is -2.28. The number of benzene rings is 3. The average Bonchev–Trinajstić information content (AvgIpc) is 2.77. The fraction of sp³-hybridized carbons (Fsp3) is 0.167. The van der Waals surface area contributed by atoms with Gasteiger partial charge in [-0.1, -0.05) is 18.2 Å². The third kappa shape index (κ3) is 5.91. The van der Waals surface area contributed by atoms with Crippen LogP contribution in [0.15, 0.2) is 66.7 Å². The summed E-state index contributed by atoms with van der Waals surface area (Å²) in [5.41, 5.74) is 0.0511. The van der Waals surface area contributed by atoms with Gasteiger partial charge in [0, 0.05) is 12.0 Å². The van der Waals surface area contributed by atoms with E-state index in [1.165, 1.54) is 7.11 Å². The maximum atomic E-state index is 12.7. The van der Waals surface area contributed by atoms with Crippen molar-refractivity contribution in [1.82, 2.24) is 5.32 Å². The van der Waals surface area contributed by atoms with Gasteiger partial charge in [0.05, 0.1) is 14.3 Å². The molecule has 8 heteroatoms. The second-order valence-electron chi connectivity index (χ2n) is 7.31. The van der Waals surface area contributed by atoms with Crippen LogP contribution in [0.4, 0.5) is 0 Å². The molecule has 1 amide bonds. The summed E-state index contributed by atoms with van der Waals surface area (Å²) in [5, 5.41) is 12.3. The number of phenolic OH excluding ortho intramolecular Hbond substituents is 1. The van der Waals surface area contributed by atoms with Crippen LogP contribution in [0, 0.1) is 7.14 Å². The predicted molar refractivity (Wildman–Crippen MR) is 138 cm³/mol. The van der Waals surface area contributed by atoms with Crippen molar-refractivity contribution in [2.75, 3.05) is 7.11 Å². The number of halogens is 2. The molecule has 0 aromatic heterocycles. The number of nitrogens with one attached hydrogen (secondary N) is 1. The number of esters is 1. The van der Waals surface area contributed by atoms with Crippen molar-refractivity contribution in [2.24, 2.45) is 0 Å². The first-order valence-electron chi connectivity index (χ1n) is 9.62. The molecule has 166 valence electrons. The van der Waals surface area contributed by atoms with Gasteiger partial charge in [0.1, 0.15) is 17.0 Å². The Balaban J connectivity index is 1.85. The Kier molecular flexibility index (Phi) is 7.99. The molecule has 0 bridgehead atoms. The SMILES string of the molecule is COC(=O)[C@](C)(Cc1cc(I)c(Oc2ccc(O)cc2)c(I)c1)NC(=O)c1ccccc1. The zero-order chi connectivity index (χ0) is 23.3. The van der Waals surface area contributed by atoms with E-state index in [1.54, 1.807) is 55.5 Å². The van der Waals surface area contributed by atoms with Crippen LogP contribution < -0.4 is 10.1 Å². The van der Waals surface area contributed by atoms with Gasteiger partial charge in [-0.2, -0.15) is 0 Å².